The van der Waals surface area contributed by atoms with Gasteiger partial charge in [0.1, 0.15) is 11.4 Å². The summed E-state index contributed by atoms with van der Waals surface area (Å²) in [6.45, 7) is 4.20. The SMILES string of the molecule is COc1ccccc1CCNc1nc(C)cc(C(=O)N2CCCCCC2)n1. The maximum absolute atomic E-state index is 12.8. The maximum atomic E-state index is 12.8. The molecule has 1 amide bonds. The molecule has 0 aliphatic carbocycles. The van der Waals surface area contributed by atoms with E-state index in [1.807, 2.05) is 36.1 Å². The number of anilines is 1. The van der Waals surface area contributed by atoms with Crippen LogP contribution < -0.4 is 10.1 Å². The Morgan fingerprint density at radius 1 is 1.15 bits per heavy atom. The van der Waals surface area contributed by atoms with Crippen molar-refractivity contribution in [2.75, 3.05) is 32.1 Å². The minimum Gasteiger partial charge on any atom is -0.496 e. The number of hydrogen-bond donors (Lipinski definition) is 1. The summed E-state index contributed by atoms with van der Waals surface area (Å²) in [6, 6.07) is 9.74. The molecule has 2 aromatic rings. The molecule has 0 spiro atoms. The standard InChI is InChI=1S/C21H28N4O2/c1-16-15-18(20(26)25-13-7-3-4-8-14-25)24-21(23-16)22-12-11-17-9-5-6-10-19(17)27-2/h5-6,9-10,15H,3-4,7-8,11-14H2,1-2H3,(H,22,23,24). The highest BCUT2D eigenvalue weighted by Crippen LogP contribution is 2.18. The van der Waals surface area contributed by atoms with Gasteiger partial charge in [-0.3, -0.25) is 4.79 Å². The number of carbonyl (C=O) groups is 1. The third kappa shape index (κ3) is 5.18. The summed E-state index contributed by atoms with van der Waals surface area (Å²) < 4.78 is 5.39. The molecule has 0 bridgehead atoms. The van der Waals surface area contributed by atoms with Gasteiger partial charge in [-0.05, 0) is 43.9 Å². The molecule has 1 fully saturated rings. The van der Waals surface area contributed by atoms with Gasteiger partial charge in [-0.15, -0.1) is 0 Å². The average Bonchev–Trinajstić information content (AvgIpc) is 2.97. The van der Waals surface area contributed by atoms with Gasteiger partial charge in [0, 0.05) is 25.3 Å². The van der Waals surface area contributed by atoms with E-state index in [0.717, 1.165) is 49.4 Å². The number of methoxy groups -OCH3 is 1. The van der Waals surface area contributed by atoms with E-state index in [2.05, 4.69) is 15.3 Å². The molecule has 0 radical (unpaired) electrons. The van der Waals surface area contributed by atoms with Gasteiger partial charge in [-0.1, -0.05) is 31.0 Å². The zero-order chi connectivity index (χ0) is 19.1. The maximum Gasteiger partial charge on any atom is 0.272 e. The summed E-state index contributed by atoms with van der Waals surface area (Å²) in [5, 5.41) is 3.25. The number of nitrogens with one attached hydrogen (secondary N) is 1. The van der Waals surface area contributed by atoms with Crippen LogP contribution in [0.15, 0.2) is 30.3 Å². The van der Waals surface area contributed by atoms with Gasteiger partial charge in [0.05, 0.1) is 7.11 Å². The molecular weight excluding hydrogens is 340 g/mol. The zero-order valence-electron chi connectivity index (χ0n) is 16.2. The molecule has 0 unspecified atom stereocenters. The van der Waals surface area contributed by atoms with Crippen LogP contribution in [0.1, 0.15) is 47.4 Å². The fourth-order valence-corrected chi connectivity index (χ4v) is 3.41. The molecule has 144 valence electrons. The van der Waals surface area contributed by atoms with Crippen molar-refractivity contribution < 1.29 is 9.53 Å². The van der Waals surface area contributed by atoms with Gasteiger partial charge in [-0.25, -0.2) is 9.97 Å². The van der Waals surface area contributed by atoms with Crippen molar-refractivity contribution in [2.24, 2.45) is 0 Å². The highest BCUT2D eigenvalue weighted by Gasteiger charge is 2.19. The second-order valence-electron chi connectivity index (χ2n) is 6.91. The smallest absolute Gasteiger partial charge is 0.272 e. The lowest BCUT2D eigenvalue weighted by Crippen LogP contribution is -2.32. The van der Waals surface area contributed by atoms with Gasteiger partial charge >= 0.3 is 0 Å². The number of aromatic nitrogens is 2. The van der Waals surface area contributed by atoms with Gasteiger partial charge in [0.15, 0.2) is 0 Å². The molecule has 1 saturated heterocycles. The minimum absolute atomic E-state index is 0.00942. The van der Waals surface area contributed by atoms with Gasteiger partial charge in [0.25, 0.3) is 5.91 Å². The summed E-state index contributed by atoms with van der Waals surface area (Å²) in [4.78, 5) is 23.6. The number of aryl methyl sites for hydroxylation is 1. The number of para-hydroxylation sites is 1. The highest BCUT2D eigenvalue weighted by molar-refractivity contribution is 5.92. The molecule has 27 heavy (non-hydrogen) atoms. The first-order valence-electron chi connectivity index (χ1n) is 9.68. The average molecular weight is 368 g/mol. The van der Waals surface area contributed by atoms with E-state index in [4.69, 9.17) is 4.74 Å². The van der Waals surface area contributed by atoms with Crippen LogP contribution in [0, 0.1) is 6.92 Å². The fraction of sp³-hybridized carbons (Fsp3) is 0.476. The monoisotopic (exact) mass is 368 g/mol. The van der Waals surface area contributed by atoms with E-state index in [1.54, 1.807) is 13.2 Å². The lowest BCUT2D eigenvalue weighted by molar-refractivity contribution is 0.0755. The lowest BCUT2D eigenvalue weighted by atomic mass is 10.1. The molecular formula is C21H28N4O2. The van der Waals surface area contributed by atoms with Crippen LogP contribution in [0.4, 0.5) is 5.95 Å². The number of benzene rings is 1. The molecule has 1 aromatic heterocycles. The second-order valence-corrected chi connectivity index (χ2v) is 6.91. The van der Waals surface area contributed by atoms with E-state index in [1.165, 1.54) is 12.8 Å². The third-order valence-electron chi connectivity index (χ3n) is 4.84. The third-order valence-corrected chi connectivity index (χ3v) is 4.84. The van der Waals surface area contributed by atoms with Crippen LogP contribution in [0.5, 0.6) is 5.75 Å². The number of hydrogen-bond acceptors (Lipinski definition) is 5. The number of likely N-dealkylation sites (tertiary alicyclic amines) is 1. The van der Waals surface area contributed by atoms with Gasteiger partial charge < -0.3 is 15.0 Å². The highest BCUT2D eigenvalue weighted by atomic mass is 16.5. The first kappa shape index (κ1) is 19.1. The predicted molar refractivity (Wildman–Crippen MR) is 106 cm³/mol. The van der Waals surface area contributed by atoms with E-state index in [9.17, 15) is 4.79 Å². The molecule has 1 aromatic carbocycles. The molecule has 2 heterocycles. The van der Waals surface area contributed by atoms with Crippen LogP contribution in [0.25, 0.3) is 0 Å². The van der Waals surface area contributed by atoms with Crippen LogP contribution in [0.2, 0.25) is 0 Å². The van der Waals surface area contributed by atoms with E-state index < -0.39 is 0 Å². The molecule has 1 aliphatic heterocycles. The lowest BCUT2D eigenvalue weighted by Gasteiger charge is -2.20. The molecule has 0 saturated carbocycles. The Balaban J connectivity index is 1.65. The first-order chi connectivity index (χ1) is 13.2. The Morgan fingerprint density at radius 2 is 1.89 bits per heavy atom. The Bertz CT molecular complexity index is 771. The Labute approximate surface area is 161 Å². The molecule has 6 nitrogen and oxygen atoms in total. The number of nitrogens with zero attached hydrogens (tertiary/aromatic N) is 3. The Morgan fingerprint density at radius 3 is 2.63 bits per heavy atom. The van der Waals surface area contributed by atoms with Crippen LogP contribution in [-0.2, 0) is 6.42 Å². The summed E-state index contributed by atoms with van der Waals surface area (Å²) in [5.74, 6) is 1.39. The number of carbonyl (C=O) groups excluding carboxylic acids is 1. The van der Waals surface area contributed by atoms with Crippen LogP contribution >= 0.6 is 0 Å². The number of ether oxygens (including phenoxy) is 1. The van der Waals surface area contributed by atoms with Crippen molar-refractivity contribution in [1.82, 2.24) is 14.9 Å². The largest absolute Gasteiger partial charge is 0.496 e. The quantitative estimate of drug-likeness (QED) is 0.846. The number of amides is 1. The summed E-state index contributed by atoms with van der Waals surface area (Å²) >= 11 is 0. The van der Waals surface area contributed by atoms with E-state index in [0.29, 0.717) is 18.2 Å². The fourth-order valence-electron chi connectivity index (χ4n) is 3.41. The van der Waals surface area contributed by atoms with Crippen molar-refractivity contribution in [3.63, 3.8) is 0 Å². The van der Waals surface area contributed by atoms with Gasteiger partial charge in [-0.2, -0.15) is 0 Å². The van der Waals surface area contributed by atoms with E-state index in [-0.39, 0.29) is 5.91 Å². The summed E-state index contributed by atoms with van der Waals surface area (Å²) in [7, 11) is 1.68. The first-order valence-corrected chi connectivity index (χ1v) is 9.68. The molecule has 1 N–H and O–H groups in total. The second kappa shape index (κ2) is 9.35. The van der Waals surface area contributed by atoms with Crippen molar-refractivity contribution in [3.8, 4) is 5.75 Å². The molecule has 1 aliphatic rings. The Hall–Kier alpha value is -2.63. The molecule has 6 heteroatoms. The zero-order valence-corrected chi connectivity index (χ0v) is 16.2. The van der Waals surface area contributed by atoms with Crippen molar-refractivity contribution >= 4 is 11.9 Å². The number of rotatable bonds is 6. The topological polar surface area (TPSA) is 67.3 Å². The van der Waals surface area contributed by atoms with Crippen molar-refractivity contribution in [2.45, 2.75) is 39.0 Å². The van der Waals surface area contributed by atoms with Crippen LogP contribution in [0.3, 0.4) is 0 Å². The van der Waals surface area contributed by atoms with E-state index >= 15 is 0 Å². The molecule has 3 rings (SSSR count). The van der Waals surface area contributed by atoms with Crippen LogP contribution in [-0.4, -0.2) is 47.5 Å². The van der Waals surface area contributed by atoms with Crippen molar-refractivity contribution in [1.29, 1.82) is 0 Å². The predicted octanol–water partition coefficient (Wildman–Crippen LogP) is 3.46. The summed E-state index contributed by atoms with van der Waals surface area (Å²) in [5.41, 5.74) is 2.40. The van der Waals surface area contributed by atoms with Gasteiger partial charge in [0.2, 0.25) is 5.95 Å². The Kier molecular flexibility index (Phi) is 6.63. The molecule has 0 atom stereocenters. The normalized spacial score (nSPS) is 14.5. The minimum atomic E-state index is 0.00942. The van der Waals surface area contributed by atoms with Crippen molar-refractivity contribution in [3.05, 3.63) is 47.3 Å². The summed E-state index contributed by atoms with van der Waals surface area (Å²) in [6.07, 6.45) is 5.32.